The third kappa shape index (κ3) is 2.91. The zero-order chi connectivity index (χ0) is 14.6. The minimum atomic E-state index is -3.97. The van der Waals surface area contributed by atoms with Gasteiger partial charge >= 0.3 is 5.97 Å². The molecule has 0 bridgehead atoms. The highest BCUT2D eigenvalue weighted by atomic mass is 32.2. The number of carbonyl (C=O) groups excluding carboxylic acids is 1. The predicted octanol–water partition coefficient (Wildman–Crippen LogP) is 1.06. The average molecular weight is 293 g/mol. The van der Waals surface area contributed by atoms with E-state index in [0.29, 0.717) is 0 Å². The summed E-state index contributed by atoms with van der Waals surface area (Å²) in [5, 5.41) is 0. The molecule has 0 spiro atoms. The number of nitrogens with zero attached hydrogens (tertiary/aromatic N) is 2. The van der Waals surface area contributed by atoms with Crippen molar-refractivity contribution in [3.63, 3.8) is 0 Å². The van der Waals surface area contributed by atoms with Crippen LogP contribution in [0, 0.1) is 0 Å². The van der Waals surface area contributed by atoms with Crippen LogP contribution in [0.15, 0.2) is 47.6 Å². The van der Waals surface area contributed by atoms with Gasteiger partial charge in [0.2, 0.25) is 5.95 Å². The Balaban J connectivity index is 2.42. The number of rotatable bonds is 4. The standard InChI is InChI=1S/C12H11N3O4S/c1-19-11(16)9-5-2-3-6-10(9)20(17,18)15-12-13-7-4-8-14-12/h2-8H,1H3,(H,13,14,15). The van der Waals surface area contributed by atoms with Gasteiger partial charge in [-0.15, -0.1) is 0 Å². The van der Waals surface area contributed by atoms with E-state index in [-0.39, 0.29) is 16.4 Å². The molecule has 8 heteroatoms. The fourth-order valence-corrected chi connectivity index (χ4v) is 2.66. The van der Waals surface area contributed by atoms with Gasteiger partial charge in [0.05, 0.1) is 12.7 Å². The van der Waals surface area contributed by atoms with Crippen molar-refractivity contribution in [2.24, 2.45) is 0 Å². The number of aromatic nitrogens is 2. The third-order valence-corrected chi connectivity index (χ3v) is 3.76. The van der Waals surface area contributed by atoms with Crippen LogP contribution >= 0.6 is 0 Å². The third-order valence-electron chi connectivity index (χ3n) is 2.37. The number of nitrogens with one attached hydrogen (secondary N) is 1. The number of sulfonamides is 1. The number of anilines is 1. The van der Waals surface area contributed by atoms with Crippen molar-refractivity contribution in [2.45, 2.75) is 4.90 Å². The van der Waals surface area contributed by atoms with Gasteiger partial charge < -0.3 is 4.74 Å². The molecule has 1 N–H and O–H groups in total. The first kappa shape index (κ1) is 13.9. The molecule has 1 aromatic carbocycles. The van der Waals surface area contributed by atoms with E-state index in [1.54, 1.807) is 12.1 Å². The SMILES string of the molecule is COC(=O)c1ccccc1S(=O)(=O)Nc1ncccn1. The van der Waals surface area contributed by atoms with Crippen LogP contribution in [0.4, 0.5) is 5.95 Å². The van der Waals surface area contributed by atoms with Crippen LogP contribution in [-0.2, 0) is 14.8 Å². The maximum Gasteiger partial charge on any atom is 0.339 e. The van der Waals surface area contributed by atoms with E-state index >= 15 is 0 Å². The second-order valence-corrected chi connectivity index (χ2v) is 5.32. The molecule has 0 atom stereocenters. The molecule has 2 rings (SSSR count). The van der Waals surface area contributed by atoms with E-state index in [9.17, 15) is 13.2 Å². The summed E-state index contributed by atoms with van der Waals surface area (Å²) in [4.78, 5) is 18.9. The van der Waals surface area contributed by atoms with Gasteiger partial charge in [-0.05, 0) is 18.2 Å². The topological polar surface area (TPSA) is 98.2 Å². The summed E-state index contributed by atoms with van der Waals surface area (Å²) >= 11 is 0. The van der Waals surface area contributed by atoms with Crippen LogP contribution in [-0.4, -0.2) is 31.5 Å². The lowest BCUT2D eigenvalue weighted by Crippen LogP contribution is -2.18. The molecule has 0 saturated heterocycles. The monoisotopic (exact) mass is 293 g/mol. The van der Waals surface area contributed by atoms with E-state index in [1.807, 2.05) is 0 Å². The molecule has 0 amide bonds. The van der Waals surface area contributed by atoms with Gasteiger partial charge in [-0.3, -0.25) is 0 Å². The molecule has 20 heavy (non-hydrogen) atoms. The molecule has 0 radical (unpaired) electrons. The molecule has 0 saturated carbocycles. The van der Waals surface area contributed by atoms with Gasteiger partial charge in [-0.25, -0.2) is 27.9 Å². The Hall–Kier alpha value is -2.48. The van der Waals surface area contributed by atoms with Crippen LogP contribution in [0.25, 0.3) is 0 Å². The van der Waals surface area contributed by atoms with Crippen LogP contribution in [0.5, 0.6) is 0 Å². The van der Waals surface area contributed by atoms with E-state index in [0.717, 1.165) is 0 Å². The zero-order valence-corrected chi connectivity index (χ0v) is 11.3. The first-order valence-corrected chi connectivity index (χ1v) is 7.00. The van der Waals surface area contributed by atoms with Gasteiger partial charge in [0.15, 0.2) is 0 Å². The number of benzene rings is 1. The van der Waals surface area contributed by atoms with E-state index in [4.69, 9.17) is 0 Å². The van der Waals surface area contributed by atoms with Gasteiger partial charge in [0.25, 0.3) is 10.0 Å². The van der Waals surface area contributed by atoms with Crippen molar-refractivity contribution < 1.29 is 17.9 Å². The van der Waals surface area contributed by atoms with Crippen molar-refractivity contribution in [3.8, 4) is 0 Å². The molecule has 2 aromatic rings. The van der Waals surface area contributed by atoms with Gasteiger partial charge in [0.1, 0.15) is 4.90 Å². The molecule has 0 aliphatic carbocycles. The van der Waals surface area contributed by atoms with Crippen LogP contribution in [0.1, 0.15) is 10.4 Å². The van der Waals surface area contributed by atoms with Crippen molar-refractivity contribution in [1.29, 1.82) is 0 Å². The molecule has 0 fully saturated rings. The first-order valence-electron chi connectivity index (χ1n) is 5.52. The molecular formula is C12H11N3O4S. The Labute approximate surface area is 115 Å². The number of ether oxygens (including phenoxy) is 1. The number of carbonyl (C=O) groups is 1. The van der Waals surface area contributed by atoms with Crippen molar-refractivity contribution in [2.75, 3.05) is 11.8 Å². The Morgan fingerprint density at radius 3 is 2.45 bits per heavy atom. The average Bonchev–Trinajstić information content (AvgIpc) is 2.47. The fourth-order valence-electron chi connectivity index (χ4n) is 1.51. The van der Waals surface area contributed by atoms with Crippen molar-refractivity contribution in [3.05, 3.63) is 48.3 Å². The normalized spacial score (nSPS) is 10.8. The lowest BCUT2D eigenvalue weighted by molar-refractivity contribution is 0.0596. The summed E-state index contributed by atoms with van der Waals surface area (Å²) in [7, 11) is -2.79. The highest BCUT2D eigenvalue weighted by Gasteiger charge is 2.23. The first-order chi connectivity index (χ1) is 9.54. The van der Waals surface area contributed by atoms with E-state index in [2.05, 4.69) is 19.4 Å². The summed E-state index contributed by atoms with van der Waals surface area (Å²) in [5.74, 6) is -0.813. The molecule has 1 heterocycles. The van der Waals surface area contributed by atoms with E-state index < -0.39 is 16.0 Å². The van der Waals surface area contributed by atoms with Gasteiger partial charge in [-0.2, -0.15) is 0 Å². The molecule has 0 aliphatic heterocycles. The largest absolute Gasteiger partial charge is 0.465 e. The lowest BCUT2D eigenvalue weighted by Gasteiger charge is -2.09. The Morgan fingerprint density at radius 1 is 1.15 bits per heavy atom. The maximum absolute atomic E-state index is 12.2. The molecule has 1 aromatic heterocycles. The second-order valence-electron chi connectivity index (χ2n) is 3.67. The van der Waals surface area contributed by atoms with Crippen LogP contribution in [0.3, 0.4) is 0 Å². The molecule has 104 valence electrons. The van der Waals surface area contributed by atoms with Crippen LogP contribution < -0.4 is 4.72 Å². The summed E-state index contributed by atoms with van der Waals surface area (Å²) in [6.07, 6.45) is 2.80. The fraction of sp³-hybridized carbons (Fsp3) is 0.0833. The number of hydrogen-bond acceptors (Lipinski definition) is 6. The minimum Gasteiger partial charge on any atom is -0.465 e. The molecule has 7 nitrogen and oxygen atoms in total. The summed E-state index contributed by atoms with van der Waals surface area (Å²) in [6, 6.07) is 7.28. The molecular weight excluding hydrogens is 282 g/mol. The zero-order valence-electron chi connectivity index (χ0n) is 10.5. The minimum absolute atomic E-state index is 0.0570. The lowest BCUT2D eigenvalue weighted by atomic mass is 10.2. The molecule has 0 aliphatic rings. The van der Waals surface area contributed by atoms with Crippen LogP contribution in [0.2, 0.25) is 0 Å². The second kappa shape index (κ2) is 5.66. The summed E-state index contributed by atoms with van der Waals surface area (Å²) in [5.41, 5.74) is -0.0570. The van der Waals surface area contributed by atoms with Crippen molar-refractivity contribution in [1.82, 2.24) is 9.97 Å². The maximum atomic E-state index is 12.2. The Morgan fingerprint density at radius 2 is 1.80 bits per heavy atom. The van der Waals surface area contributed by atoms with Gasteiger partial charge in [-0.1, -0.05) is 12.1 Å². The Bertz CT molecular complexity index is 716. The highest BCUT2D eigenvalue weighted by molar-refractivity contribution is 7.92. The van der Waals surface area contributed by atoms with Gasteiger partial charge in [0, 0.05) is 12.4 Å². The van der Waals surface area contributed by atoms with E-state index in [1.165, 1.54) is 37.7 Å². The molecule has 0 unspecified atom stereocenters. The Kier molecular flexibility index (Phi) is 3.94. The highest BCUT2D eigenvalue weighted by Crippen LogP contribution is 2.18. The smallest absolute Gasteiger partial charge is 0.339 e. The summed E-state index contributed by atoms with van der Waals surface area (Å²) < 4.78 is 31.2. The summed E-state index contributed by atoms with van der Waals surface area (Å²) in [6.45, 7) is 0. The number of esters is 1. The number of hydrogen-bond donors (Lipinski definition) is 1. The number of methoxy groups -OCH3 is 1. The quantitative estimate of drug-likeness (QED) is 0.846. The predicted molar refractivity (Wildman–Crippen MR) is 70.6 cm³/mol. The van der Waals surface area contributed by atoms with Crippen molar-refractivity contribution >= 4 is 21.9 Å².